The van der Waals surface area contributed by atoms with E-state index in [1.165, 1.54) is 0 Å². The number of anilines is 1. The van der Waals surface area contributed by atoms with Crippen LogP contribution in [-0.4, -0.2) is 62.5 Å². The Morgan fingerprint density at radius 1 is 0.892 bits per heavy atom. The maximum atomic E-state index is 13.3. The SMILES string of the molecule is Nc1ncc(CN2CCC(C(=O)N3CCC(C(=NOc4ccccc4)c4ccccn4)CC3)CC2)cn1. The maximum absolute atomic E-state index is 13.3. The van der Waals surface area contributed by atoms with E-state index in [2.05, 4.69) is 25.0 Å². The van der Waals surface area contributed by atoms with Crippen molar-refractivity contribution in [3.05, 3.63) is 78.4 Å². The molecule has 2 saturated heterocycles. The Bertz CT molecular complexity index is 1170. The first-order chi connectivity index (χ1) is 18.2. The van der Waals surface area contributed by atoms with Crippen LogP contribution in [0.1, 0.15) is 36.9 Å². The highest BCUT2D eigenvalue weighted by molar-refractivity contribution is 6.00. The first-order valence-electron chi connectivity index (χ1n) is 12.9. The minimum atomic E-state index is 0.0841. The molecule has 0 spiro atoms. The van der Waals surface area contributed by atoms with E-state index in [1.54, 1.807) is 18.6 Å². The van der Waals surface area contributed by atoms with Crippen molar-refractivity contribution in [3.8, 4) is 5.75 Å². The van der Waals surface area contributed by atoms with Gasteiger partial charge in [-0.1, -0.05) is 29.4 Å². The molecule has 9 nitrogen and oxygen atoms in total. The van der Waals surface area contributed by atoms with Crippen LogP contribution in [-0.2, 0) is 11.3 Å². The summed E-state index contributed by atoms with van der Waals surface area (Å²) in [6.45, 7) is 4.02. The number of amides is 1. The van der Waals surface area contributed by atoms with Crippen molar-refractivity contribution in [1.29, 1.82) is 0 Å². The average Bonchev–Trinajstić information content (AvgIpc) is 2.96. The number of benzene rings is 1. The maximum Gasteiger partial charge on any atom is 0.225 e. The number of oxime groups is 1. The van der Waals surface area contributed by atoms with Gasteiger partial charge in [0.25, 0.3) is 0 Å². The van der Waals surface area contributed by atoms with Crippen molar-refractivity contribution < 1.29 is 9.63 Å². The number of nitrogens with zero attached hydrogens (tertiary/aromatic N) is 6. The predicted octanol–water partition coefficient (Wildman–Crippen LogP) is 3.39. The van der Waals surface area contributed by atoms with Gasteiger partial charge in [-0.3, -0.25) is 14.7 Å². The van der Waals surface area contributed by atoms with E-state index >= 15 is 0 Å². The highest BCUT2D eigenvalue weighted by Crippen LogP contribution is 2.27. The summed E-state index contributed by atoms with van der Waals surface area (Å²) in [5.74, 6) is 1.54. The number of likely N-dealkylation sites (tertiary alicyclic amines) is 2. The molecular weight excluding hydrogens is 466 g/mol. The van der Waals surface area contributed by atoms with Crippen LogP contribution in [0, 0.1) is 11.8 Å². The van der Waals surface area contributed by atoms with Gasteiger partial charge in [0, 0.05) is 55.6 Å². The smallest absolute Gasteiger partial charge is 0.225 e. The number of hydrogen-bond donors (Lipinski definition) is 1. The molecule has 5 rings (SSSR count). The molecule has 9 heteroatoms. The van der Waals surface area contributed by atoms with E-state index in [0.29, 0.717) is 11.7 Å². The molecule has 4 heterocycles. The first kappa shape index (κ1) is 24.8. The molecule has 0 bridgehead atoms. The Morgan fingerprint density at radius 3 is 2.24 bits per heavy atom. The van der Waals surface area contributed by atoms with Gasteiger partial charge in [-0.05, 0) is 63.0 Å². The zero-order valence-electron chi connectivity index (χ0n) is 20.9. The van der Waals surface area contributed by atoms with Gasteiger partial charge in [0.15, 0.2) is 5.75 Å². The Morgan fingerprint density at radius 2 is 1.57 bits per heavy atom. The summed E-state index contributed by atoms with van der Waals surface area (Å²) in [5, 5.41) is 4.52. The topological polar surface area (TPSA) is 110 Å². The van der Waals surface area contributed by atoms with E-state index in [1.807, 2.05) is 53.4 Å². The van der Waals surface area contributed by atoms with E-state index < -0.39 is 0 Å². The normalized spacial score (nSPS) is 18.1. The minimum Gasteiger partial charge on any atom is -0.368 e. The molecule has 2 aliphatic rings. The molecule has 1 aromatic carbocycles. The van der Waals surface area contributed by atoms with Crippen molar-refractivity contribution in [3.63, 3.8) is 0 Å². The summed E-state index contributed by atoms with van der Waals surface area (Å²) < 4.78 is 0. The van der Waals surface area contributed by atoms with E-state index in [4.69, 9.17) is 10.6 Å². The van der Waals surface area contributed by atoms with Crippen molar-refractivity contribution in [1.82, 2.24) is 24.8 Å². The fourth-order valence-corrected chi connectivity index (χ4v) is 5.10. The quantitative estimate of drug-likeness (QED) is 0.392. The molecule has 0 atom stereocenters. The monoisotopic (exact) mass is 499 g/mol. The number of nitrogens with two attached hydrogens (primary N) is 1. The third kappa shape index (κ3) is 6.48. The summed E-state index contributed by atoms with van der Waals surface area (Å²) in [7, 11) is 0. The number of piperidine rings is 2. The lowest BCUT2D eigenvalue weighted by Gasteiger charge is -2.37. The number of rotatable bonds is 7. The van der Waals surface area contributed by atoms with Crippen LogP contribution in [0.2, 0.25) is 0 Å². The second-order valence-electron chi connectivity index (χ2n) is 9.70. The molecule has 0 unspecified atom stereocenters. The molecule has 0 aliphatic carbocycles. The Labute approximate surface area is 217 Å². The van der Waals surface area contributed by atoms with Crippen molar-refractivity contribution in [2.75, 3.05) is 31.9 Å². The van der Waals surface area contributed by atoms with Crippen LogP contribution in [0.3, 0.4) is 0 Å². The number of carbonyl (C=O) groups is 1. The van der Waals surface area contributed by atoms with Gasteiger partial charge in [-0.2, -0.15) is 0 Å². The number of pyridine rings is 1. The van der Waals surface area contributed by atoms with Gasteiger partial charge < -0.3 is 15.5 Å². The summed E-state index contributed by atoms with van der Waals surface area (Å²) in [6, 6.07) is 15.4. The summed E-state index contributed by atoms with van der Waals surface area (Å²) >= 11 is 0. The number of aromatic nitrogens is 3. The lowest BCUT2D eigenvalue weighted by molar-refractivity contribution is -0.138. The Balaban J connectivity index is 1.15. The lowest BCUT2D eigenvalue weighted by Crippen LogP contribution is -2.46. The molecule has 192 valence electrons. The molecule has 3 aromatic rings. The molecule has 2 aromatic heterocycles. The standard InChI is InChI=1S/C28H33N7O2/c29-28-31-18-21(19-32-28)20-34-14-9-23(10-15-34)27(36)35-16-11-22(12-17-35)26(25-8-4-5-13-30-25)33-37-24-6-2-1-3-7-24/h1-8,13,18-19,22-23H,9-12,14-17,20H2,(H2,29,31,32). The zero-order valence-corrected chi connectivity index (χ0v) is 20.9. The van der Waals surface area contributed by atoms with Gasteiger partial charge in [0.1, 0.15) is 5.71 Å². The summed E-state index contributed by atoms with van der Waals surface area (Å²) in [5.41, 5.74) is 8.29. The van der Waals surface area contributed by atoms with Gasteiger partial charge in [0.2, 0.25) is 11.9 Å². The Hall–Kier alpha value is -3.85. The number of hydrogen-bond acceptors (Lipinski definition) is 8. The van der Waals surface area contributed by atoms with Crippen LogP contribution in [0.4, 0.5) is 5.95 Å². The highest BCUT2D eigenvalue weighted by atomic mass is 16.6. The minimum absolute atomic E-state index is 0.0841. The fourth-order valence-electron chi connectivity index (χ4n) is 5.10. The largest absolute Gasteiger partial charge is 0.368 e. The number of carbonyl (C=O) groups excluding carboxylic acids is 1. The highest BCUT2D eigenvalue weighted by Gasteiger charge is 2.33. The number of para-hydroxylation sites is 1. The van der Waals surface area contributed by atoms with E-state index in [9.17, 15) is 4.79 Å². The molecule has 0 saturated carbocycles. The van der Waals surface area contributed by atoms with Crippen LogP contribution in [0.25, 0.3) is 0 Å². The first-order valence-corrected chi connectivity index (χ1v) is 12.9. The number of nitrogen functional groups attached to an aromatic ring is 1. The molecule has 2 N–H and O–H groups in total. The second-order valence-corrected chi connectivity index (χ2v) is 9.70. The third-order valence-corrected chi connectivity index (χ3v) is 7.18. The zero-order chi connectivity index (χ0) is 25.5. The van der Waals surface area contributed by atoms with Crippen molar-refractivity contribution in [2.45, 2.75) is 32.2 Å². The van der Waals surface area contributed by atoms with Crippen LogP contribution in [0.15, 0.2) is 72.3 Å². The Kier molecular flexibility index (Phi) is 8.00. The van der Waals surface area contributed by atoms with Crippen LogP contribution < -0.4 is 10.6 Å². The second kappa shape index (κ2) is 11.9. The average molecular weight is 500 g/mol. The van der Waals surface area contributed by atoms with Gasteiger partial charge in [-0.15, -0.1) is 0 Å². The lowest BCUT2D eigenvalue weighted by atomic mass is 9.88. The fraction of sp³-hybridized carbons (Fsp3) is 0.393. The van der Waals surface area contributed by atoms with Gasteiger partial charge in [0.05, 0.1) is 5.69 Å². The van der Waals surface area contributed by atoms with Crippen LogP contribution >= 0.6 is 0 Å². The van der Waals surface area contributed by atoms with Crippen LogP contribution in [0.5, 0.6) is 5.75 Å². The van der Waals surface area contributed by atoms with Crippen molar-refractivity contribution >= 4 is 17.6 Å². The van der Waals surface area contributed by atoms with E-state index in [0.717, 1.165) is 75.4 Å². The molecular formula is C28H33N7O2. The molecule has 0 radical (unpaired) electrons. The molecule has 1 amide bonds. The predicted molar refractivity (Wildman–Crippen MR) is 142 cm³/mol. The van der Waals surface area contributed by atoms with Crippen molar-refractivity contribution in [2.24, 2.45) is 17.0 Å². The molecule has 2 fully saturated rings. The summed E-state index contributed by atoms with van der Waals surface area (Å²) in [4.78, 5) is 36.1. The molecule has 2 aliphatic heterocycles. The third-order valence-electron chi connectivity index (χ3n) is 7.18. The van der Waals surface area contributed by atoms with Gasteiger partial charge >= 0.3 is 0 Å². The summed E-state index contributed by atoms with van der Waals surface area (Å²) in [6.07, 6.45) is 8.76. The van der Waals surface area contributed by atoms with Gasteiger partial charge in [-0.25, -0.2) is 9.97 Å². The van der Waals surface area contributed by atoms with E-state index in [-0.39, 0.29) is 17.7 Å². The molecule has 37 heavy (non-hydrogen) atoms.